The average Bonchev–Trinajstić information content (AvgIpc) is 2.93. The molecule has 0 radical (unpaired) electrons. The summed E-state index contributed by atoms with van der Waals surface area (Å²) in [5.41, 5.74) is 6.96. The van der Waals surface area contributed by atoms with E-state index < -0.39 is 36.8 Å². The highest BCUT2D eigenvalue weighted by Crippen LogP contribution is 2.39. The summed E-state index contributed by atoms with van der Waals surface area (Å²) in [5.74, 6) is 1.00. The Balaban J connectivity index is 1.89. The van der Waals surface area contributed by atoms with Crippen molar-refractivity contribution in [2.45, 2.75) is 124 Å². The summed E-state index contributed by atoms with van der Waals surface area (Å²) < 4.78 is 19.8. The Kier molecular flexibility index (Phi) is 11.6. The van der Waals surface area contributed by atoms with Crippen LogP contribution in [0.25, 0.3) is 11.1 Å². The molecule has 0 fully saturated rings. The molecule has 1 atom stereocenters. The predicted molar refractivity (Wildman–Crippen MR) is 192 cm³/mol. The first-order valence-electron chi connectivity index (χ1n) is 16.1. The second-order valence-corrected chi connectivity index (χ2v) is 21.6. The van der Waals surface area contributed by atoms with Gasteiger partial charge in [0.25, 0.3) is 0 Å². The lowest BCUT2D eigenvalue weighted by Crippen LogP contribution is -2.34. The Labute approximate surface area is 272 Å². The fraction of sp³-hybridized carbons (Fsp3) is 0.526. The molecule has 4 nitrogen and oxygen atoms in total. The number of benzene rings is 3. The van der Waals surface area contributed by atoms with Crippen molar-refractivity contribution in [2.24, 2.45) is 5.92 Å². The first-order valence-corrected chi connectivity index (χ1v) is 18.7. The van der Waals surface area contributed by atoms with Gasteiger partial charge in [-0.05, 0) is 108 Å². The highest BCUT2D eigenvalue weighted by Gasteiger charge is 2.34. The minimum Gasteiger partial charge on any atom is -0.489 e. The maximum absolute atomic E-state index is 10.5. The molecule has 44 heavy (non-hydrogen) atoms. The topological polar surface area (TPSA) is 47.9 Å². The van der Waals surface area contributed by atoms with Gasteiger partial charge in [0, 0.05) is 0 Å². The molecule has 1 N–H and O–H groups in total. The second-order valence-electron chi connectivity index (χ2n) is 16.2. The number of hydrogen-bond donors (Lipinski definition) is 1. The predicted octanol–water partition coefficient (Wildman–Crippen LogP) is 9.04. The molecule has 0 bridgehead atoms. The summed E-state index contributed by atoms with van der Waals surface area (Å²) in [5, 5.41) is 10.9. The first-order chi connectivity index (χ1) is 20.2. The number of rotatable bonds is 12. The van der Waals surface area contributed by atoms with Gasteiger partial charge in [0.1, 0.15) is 12.4 Å². The molecule has 0 amide bonds. The molecular formula is C38H58O4Si2. The van der Waals surface area contributed by atoms with Gasteiger partial charge < -0.3 is 18.7 Å². The van der Waals surface area contributed by atoms with Gasteiger partial charge in [0.2, 0.25) is 0 Å². The standard InChI is InChI=1S/C38H58O4Si2/c1-25(2)34(39)29-18-19-31(26(3)21-29)28-15-14-16-30(23-28)40-24-27-17-20-32(37(10,11)41-43-35(4,5)6)33(22-27)38(12,13)42-44-36(7,8)9/h14-23,25,34,39H,24,43-44H2,1-13H3. The van der Waals surface area contributed by atoms with Crippen LogP contribution in [0.5, 0.6) is 5.75 Å². The molecule has 0 aliphatic rings. The van der Waals surface area contributed by atoms with E-state index in [0.29, 0.717) is 6.61 Å². The SMILES string of the molecule is Cc1cc(C(O)C(C)C)ccc1-c1cccc(OCc2ccc(C(C)(C)O[SiH2]C(C)(C)C)c(C(C)(C)O[SiH2]C(C)(C)C)c2)c1. The van der Waals surface area contributed by atoms with Crippen LogP contribution in [0.3, 0.4) is 0 Å². The molecule has 0 aromatic heterocycles. The van der Waals surface area contributed by atoms with E-state index >= 15 is 0 Å². The van der Waals surface area contributed by atoms with E-state index in [0.717, 1.165) is 33.6 Å². The quantitative estimate of drug-likeness (QED) is 0.202. The van der Waals surface area contributed by atoms with E-state index in [2.05, 4.69) is 119 Å². The van der Waals surface area contributed by atoms with Crippen molar-refractivity contribution in [2.75, 3.05) is 0 Å². The van der Waals surface area contributed by atoms with Crippen LogP contribution < -0.4 is 4.74 Å². The normalized spacial score (nSPS) is 14.3. The molecule has 0 saturated heterocycles. The molecular weight excluding hydrogens is 577 g/mol. The zero-order chi connectivity index (χ0) is 33.1. The van der Waals surface area contributed by atoms with E-state index in [1.165, 1.54) is 11.1 Å². The summed E-state index contributed by atoms with van der Waals surface area (Å²) in [6.45, 7) is 29.0. The number of hydrogen-bond acceptors (Lipinski definition) is 4. The monoisotopic (exact) mass is 634 g/mol. The molecule has 6 heteroatoms. The zero-order valence-corrected chi connectivity index (χ0v) is 32.5. The molecule has 0 spiro atoms. The van der Waals surface area contributed by atoms with Crippen molar-refractivity contribution in [3.63, 3.8) is 0 Å². The van der Waals surface area contributed by atoms with Crippen molar-refractivity contribution in [1.29, 1.82) is 0 Å². The van der Waals surface area contributed by atoms with Crippen LogP contribution in [0.1, 0.15) is 117 Å². The van der Waals surface area contributed by atoms with Gasteiger partial charge in [-0.2, -0.15) is 0 Å². The average molecular weight is 635 g/mol. The summed E-state index contributed by atoms with van der Waals surface area (Å²) >= 11 is 0. The van der Waals surface area contributed by atoms with Gasteiger partial charge >= 0.3 is 0 Å². The highest BCUT2D eigenvalue weighted by molar-refractivity contribution is 6.32. The molecule has 3 rings (SSSR count). The third kappa shape index (κ3) is 10.1. The van der Waals surface area contributed by atoms with Gasteiger partial charge in [-0.15, -0.1) is 0 Å². The van der Waals surface area contributed by atoms with Crippen LogP contribution in [0.4, 0.5) is 0 Å². The van der Waals surface area contributed by atoms with E-state index in [9.17, 15) is 5.11 Å². The van der Waals surface area contributed by atoms with Crippen LogP contribution in [0.2, 0.25) is 10.1 Å². The minimum absolute atomic E-state index is 0.174. The van der Waals surface area contributed by atoms with Crippen molar-refractivity contribution >= 4 is 19.5 Å². The minimum atomic E-state index is -0.780. The van der Waals surface area contributed by atoms with Gasteiger partial charge in [0.15, 0.2) is 19.5 Å². The number of ether oxygens (including phenoxy) is 1. The van der Waals surface area contributed by atoms with Crippen LogP contribution in [0, 0.1) is 12.8 Å². The van der Waals surface area contributed by atoms with Crippen LogP contribution >= 0.6 is 0 Å². The van der Waals surface area contributed by atoms with Crippen LogP contribution in [0.15, 0.2) is 60.7 Å². The fourth-order valence-corrected chi connectivity index (χ4v) is 7.05. The van der Waals surface area contributed by atoms with E-state index in [1.807, 2.05) is 32.0 Å². The highest BCUT2D eigenvalue weighted by atomic mass is 28.2. The lowest BCUT2D eigenvalue weighted by molar-refractivity contribution is 0.0828. The van der Waals surface area contributed by atoms with Gasteiger partial charge in [0.05, 0.1) is 17.3 Å². The zero-order valence-electron chi connectivity index (χ0n) is 29.7. The maximum atomic E-state index is 10.5. The molecule has 3 aromatic rings. The molecule has 0 aliphatic carbocycles. The third-order valence-corrected chi connectivity index (χ3v) is 11.4. The maximum Gasteiger partial charge on any atom is 0.168 e. The fourth-order valence-electron chi connectivity index (χ4n) is 5.15. The number of aliphatic hydroxyl groups excluding tert-OH is 1. The second kappa shape index (κ2) is 14.0. The van der Waals surface area contributed by atoms with Crippen LogP contribution in [-0.4, -0.2) is 24.6 Å². The summed E-state index contributed by atoms with van der Waals surface area (Å²) in [6, 6.07) is 21.2. The molecule has 0 aliphatic heterocycles. The van der Waals surface area contributed by atoms with E-state index in [-0.39, 0.29) is 16.0 Å². The van der Waals surface area contributed by atoms with Gasteiger partial charge in [-0.3, -0.25) is 0 Å². The summed E-state index contributed by atoms with van der Waals surface area (Å²) in [4.78, 5) is 0. The van der Waals surface area contributed by atoms with Crippen molar-refractivity contribution < 1.29 is 18.7 Å². The first kappa shape index (κ1) is 36.2. The number of aliphatic hydroxyl groups is 1. The Morgan fingerprint density at radius 3 is 1.84 bits per heavy atom. The van der Waals surface area contributed by atoms with Gasteiger partial charge in [-0.25, -0.2) is 0 Å². The third-order valence-electron chi connectivity index (χ3n) is 7.89. The van der Waals surface area contributed by atoms with Crippen molar-refractivity contribution in [3.8, 4) is 16.9 Å². The molecule has 0 heterocycles. The molecule has 3 aromatic carbocycles. The molecule has 1 unspecified atom stereocenters. The summed E-state index contributed by atoms with van der Waals surface area (Å²) in [7, 11) is -1.54. The Bertz CT molecular complexity index is 1400. The van der Waals surface area contributed by atoms with Crippen LogP contribution in [-0.2, 0) is 26.7 Å². The molecule has 0 saturated carbocycles. The Morgan fingerprint density at radius 1 is 0.705 bits per heavy atom. The smallest absolute Gasteiger partial charge is 0.168 e. The lowest BCUT2D eigenvalue weighted by Gasteiger charge is -2.38. The Hall–Kier alpha value is -2.23. The van der Waals surface area contributed by atoms with Crippen molar-refractivity contribution in [1.82, 2.24) is 0 Å². The van der Waals surface area contributed by atoms with Crippen molar-refractivity contribution in [3.05, 3.63) is 88.5 Å². The Morgan fingerprint density at radius 2 is 1.30 bits per heavy atom. The van der Waals surface area contributed by atoms with E-state index in [4.69, 9.17) is 13.6 Å². The summed E-state index contributed by atoms with van der Waals surface area (Å²) in [6.07, 6.45) is -0.461. The van der Waals surface area contributed by atoms with Gasteiger partial charge in [-0.1, -0.05) is 97.9 Å². The lowest BCUT2D eigenvalue weighted by atomic mass is 9.84. The number of aryl methyl sites for hydroxylation is 1. The van der Waals surface area contributed by atoms with E-state index in [1.54, 1.807) is 0 Å². The largest absolute Gasteiger partial charge is 0.489 e. The molecule has 242 valence electrons.